The lowest BCUT2D eigenvalue weighted by atomic mass is 9.86. The van der Waals surface area contributed by atoms with Crippen LogP contribution in [-0.4, -0.2) is 36.6 Å². The maximum atomic E-state index is 8.89. The van der Waals surface area contributed by atoms with Gasteiger partial charge in [-0.1, -0.05) is 24.3 Å². The average molecular weight is 415 g/mol. The summed E-state index contributed by atoms with van der Waals surface area (Å²) in [6.07, 6.45) is 4.67. The summed E-state index contributed by atoms with van der Waals surface area (Å²) in [5.74, 6) is 2.38. The largest absolute Gasteiger partial charge is 0.362 e. The number of nitrogens with zero attached hydrogens (tertiary/aromatic N) is 4. The van der Waals surface area contributed by atoms with Crippen LogP contribution in [0.25, 0.3) is 10.9 Å². The van der Waals surface area contributed by atoms with Gasteiger partial charge in [-0.2, -0.15) is 10.2 Å². The second-order valence-corrected chi connectivity index (χ2v) is 8.58. The average Bonchev–Trinajstić information content (AvgIpc) is 2.80. The van der Waals surface area contributed by atoms with E-state index in [9.17, 15) is 0 Å². The van der Waals surface area contributed by atoms with Crippen molar-refractivity contribution in [2.24, 2.45) is 5.92 Å². The van der Waals surface area contributed by atoms with E-state index < -0.39 is 0 Å². The molecule has 6 nitrogen and oxygen atoms in total. The van der Waals surface area contributed by atoms with Gasteiger partial charge in [0.25, 0.3) is 0 Å². The molecule has 31 heavy (non-hydrogen) atoms. The molecule has 1 saturated carbocycles. The van der Waals surface area contributed by atoms with E-state index >= 15 is 0 Å². The molecule has 0 saturated heterocycles. The minimum Gasteiger partial charge on any atom is -0.362 e. The molecule has 0 radical (unpaired) electrons. The number of fused-ring (bicyclic) bond motifs is 1. The van der Waals surface area contributed by atoms with Gasteiger partial charge in [0.05, 0.1) is 17.1 Å². The third kappa shape index (κ3) is 5.31. The number of nitriles is 1. The van der Waals surface area contributed by atoms with Gasteiger partial charge in [-0.15, -0.1) is 0 Å². The molecule has 2 aromatic carbocycles. The Labute approximate surface area is 184 Å². The molecule has 0 spiro atoms. The molecule has 0 bridgehead atoms. The second-order valence-electron chi connectivity index (χ2n) is 8.58. The SMILES string of the molecule is CN(C)c1nc(N[C@H]2CC[C@@H](CNCc3ccc(C#N)cc3)CC2)nc2ccccc12. The van der Waals surface area contributed by atoms with E-state index in [2.05, 4.69) is 22.8 Å². The van der Waals surface area contributed by atoms with Gasteiger partial charge >= 0.3 is 0 Å². The van der Waals surface area contributed by atoms with Crippen LogP contribution < -0.4 is 15.5 Å². The number of anilines is 2. The first kappa shape index (κ1) is 21.1. The van der Waals surface area contributed by atoms with Crippen molar-refractivity contribution in [1.29, 1.82) is 5.26 Å². The Balaban J connectivity index is 1.28. The zero-order valence-electron chi connectivity index (χ0n) is 18.3. The summed E-state index contributed by atoms with van der Waals surface area (Å²) in [6, 6.07) is 18.6. The number of benzene rings is 2. The maximum absolute atomic E-state index is 8.89. The zero-order valence-corrected chi connectivity index (χ0v) is 18.3. The van der Waals surface area contributed by atoms with E-state index in [1.54, 1.807) is 0 Å². The highest BCUT2D eigenvalue weighted by atomic mass is 15.2. The number of hydrogen-bond donors (Lipinski definition) is 2. The fraction of sp³-hybridized carbons (Fsp3) is 0.400. The van der Waals surface area contributed by atoms with Crippen molar-refractivity contribution in [2.45, 2.75) is 38.3 Å². The zero-order chi connectivity index (χ0) is 21.6. The first-order valence-corrected chi connectivity index (χ1v) is 11.0. The molecule has 1 aliphatic carbocycles. The molecule has 1 aromatic heterocycles. The Morgan fingerprint density at radius 1 is 1.00 bits per heavy atom. The van der Waals surface area contributed by atoms with Crippen LogP contribution >= 0.6 is 0 Å². The number of rotatable bonds is 7. The Bertz CT molecular complexity index is 1050. The Kier molecular flexibility index (Phi) is 6.63. The number of hydrogen-bond acceptors (Lipinski definition) is 6. The number of nitrogens with one attached hydrogen (secondary N) is 2. The van der Waals surface area contributed by atoms with Gasteiger partial charge < -0.3 is 15.5 Å². The number of para-hydroxylation sites is 1. The van der Waals surface area contributed by atoms with E-state index in [1.165, 1.54) is 18.4 Å². The van der Waals surface area contributed by atoms with Gasteiger partial charge in [-0.3, -0.25) is 0 Å². The molecule has 3 aromatic rings. The molecule has 1 fully saturated rings. The Morgan fingerprint density at radius 2 is 1.74 bits per heavy atom. The molecule has 6 heteroatoms. The van der Waals surface area contributed by atoms with Gasteiger partial charge in [-0.05, 0) is 68.0 Å². The van der Waals surface area contributed by atoms with Crippen molar-refractivity contribution < 1.29 is 0 Å². The van der Waals surface area contributed by atoms with E-state index in [0.29, 0.717) is 17.5 Å². The summed E-state index contributed by atoms with van der Waals surface area (Å²) in [7, 11) is 4.04. The highest BCUT2D eigenvalue weighted by Crippen LogP contribution is 2.28. The quantitative estimate of drug-likeness (QED) is 0.599. The van der Waals surface area contributed by atoms with Crippen LogP contribution in [0, 0.1) is 17.2 Å². The lowest BCUT2D eigenvalue weighted by molar-refractivity contribution is 0.324. The fourth-order valence-corrected chi connectivity index (χ4v) is 4.28. The van der Waals surface area contributed by atoms with E-state index in [4.69, 9.17) is 15.2 Å². The highest BCUT2D eigenvalue weighted by molar-refractivity contribution is 5.90. The lowest BCUT2D eigenvalue weighted by Crippen LogP contribution is -2.31. The highest BCUT2D eigenvalue weighted by Gasteiger charge is 2.22. The lowest BCUT2D eigenvalue weighted by Gasteiger charge is -2.29. The Hall–Kier alpha value is -3.17. The summed E-state index contributed by atoms with van der Waals surface area (Å²) in [4.78, 5) is 11.6. The Morgan fingerprint density at radius 3 is 2.45 bits per heavy atom. The van der Waals surface area contributed by atoms with Gasteiger partial charge in [0.2, 0.25) is 5.95 Å². The topological polar surface area (TPSA) is 76.9 Å². The first-order chi connectivity index (χ1) is 15.1. The predicted molar refractivity (Wildman–Crippen MR) is 126 cm³/mol. The van der Waals surface area contributed by atoms with Crippen molar-refractivity contribution in [3.63, 3.8) is 0 Å². The van der Waals surface area contributed by atoms with Crippen LogP contribution in [0.5, 0.6) is 0 Å². The van der Waals surface area contributed by atoms with Crippen LogP contribution in [-0.2, 0) is 6.54 Å². The second kappa shape index (κ2) is 9.76. The van der Waals surface area contributed by atoms with Crippen LogP contribution in [0.15, 0.2) is 48.5 Å². The molecular formula is C25H30N6. The van der Waals surface area contributed by atoms with Crippen LogP contribution in [0.3, 0.4) is 0 Å². The standard InChI is InChI=1S/C25H30N6/c1-31(2)24-22-5-3-4-6-23(22)29-25(30-24)28-21-13-11-20(12-14-21)17-27-16-19-9-7-18(15-26)8-10-19/h3-10,20-21,27H,11-14,16-17H2,1-2H3,(H,28,29,30)/t20-,21+. The van der Waals surface area contributed by atoms with Gasteiger partial charge in [0, 0.05) is 32.1 Å². The maximum Gasteiger partial charge on any atom is 0.225 e. The summed E-state index contributed by atoms with van der Waals surface area (Å²) in [6.45, 7) is 1.88. The van der Waals surface area contributed by atoms with Crippen molar-refractivity contribution >= 4 is 22.7 Å². The third-order valence-electron chi connectivity index (χ3n) is 6.03. The normalized spacial score (nSPS) is 18.5. The van der Waals surface area contributed by atoms with Crippen LogP contribution in [0.4, 0.5) is 11.8 Å². The predicted octanol–water partition coefficient (Wildman–Crippen LogP) is 4.33. The van der Waals surface area contributed by atoms with Crippen molar-refractivity contribution in [1.82, 2.24) is 15.3 Å². The molecule has 0 aliphatic heterocycles. The molecule has 0 amide bonds. The molecule has 2 N–H and O–H groups in total. The minimum absolute atomic E-state index is 0.422. The number of aromatic nitrogens is 2. The molecule has 0 atom stereocenters. The summed E-state index contributed by atoms with van der Waals surface area (Å²) >= 11 is 0. The van der Waals surface area contributed by atoms with Crippen molar-refractivity contribution in [2.75, 3.05) is 30.9 Å². The van der Waals surface area contributed by atoms with Crippen molar-refractivity contribution in [3.8, 4) is 6.07 Å². The van der Waals surface area contributed by atoms with Crippen LogP contribution in [0.1, 0.15) is 36.8 Å². The monoisotopic (exact) mass is 414 g/mol. The molecular weight excluding hydrogens is 384 g/mol. The summed E-state index contributed by atoms with van der Waals surface area (Å²) < 4.78 is 0. The van der Waals surface area contributed by atoms with Gasteiger partial charge in [0.15, 0.2) is 0 Å². The minimum atomic E-state index is 0.422. The molecule has 1 heterocycles. The molecule has 160 valence electrons. The summed E-state index contributed by atoms with van der Waals surface area (Å²) in [5.41, 5.74) is 2.91. The van der Waals surface area contributed by atoms with E-state index in [-0.39, 0.29) is 0 Å². The smallest absolute Gasteiger partial charge is 0.225 e. The third-order valence-corrected chi connectivity index (χ3v) is 6.03. The van der Waals surface area contributed by atoms with Crippen molar-refractivity contribution in [3.05, 3.63) is 59.7 Å². The van der Waals surface area contributed by atoms with E-state index in [1.807, 2.05) is 61.5 Å². The van der Waals surface area contributed by atoms with E-state index in [0.717, 1.165) is 48.6 Å². The fourth-order valence-electron chi connectivity index (χ4n) is 4.28. The molecule has 4 rings (SSSR count). The van der Waals surface area contributed by atoms with Crippen LogP contribution in [0.2, 0.25) is 0 Å². The first-order valence-electron chi connectivity index (χ1n) is 11.0. The molecule has 1 aliphatic rings. The van der Waals surface area contributed by atoms with Gasteiger partial charge in [-0.25, -0.2) is 4.98 Å². The van der Waals surface area contributed by atoms with Gasteiger partial charge in [0.1, 0.15) is 5.82 Å². The molecule has 0 unspecified atom stereocenters. The summed E-state index contributed by atoms with van der Waals surface area (Å²) in [5, 5.41) is 17.1.